The molecule has 0 radical (unpaired) electrons. The molecule has 0 unspecified atom stereocenters. The fraction of sp³-hybridized carbons (Fsp3) is 0.286. The van der Waals surface area contributed by atoms with E-state index in [-0.39, 0.29) is 12.0 Å². The standard InChI is InChI=1S/C21H22N2O3/c1-14-12-23(10-9-22-14)17-7-5-15(6-8-17)20-11-19(25)18-4-2-3-16(13-24)21(18)26-20/h2-8,11,14,22,24H,9-10,12-13H2,1H3/t14-/m1/s1. The third-order valence-corrected chi connectivity index (χ3v) is 4.89. The van der Waals surface area contributed by atoms with Crippen molar-refractivity contribution in [1.29, 1.82) is 0 Å². The minimum atomic E-state index is -0.163. The normalized spacial score (nSPS) is 17.6. The van der Waals surface area contributed by atoms with Crippen molar-refractivity contribution in [3.63, 3.8) is 0 Å². The Morgan fingerprint density at radius 2 is 2.04 bits per heavy atom. The van der Waals surface area contributed by atoms with Crippen molar-refractivity contribution in [2.45, 2.75) is 19.6 Å². The number of anilines is 1. The maximum atomic E-state index is 12.4. The summed E-state index contributed by atoms with van der Waals surface area (Å²) in [5.74, 6) is 0.517. The highest BCUT2D eigenvalue weighted by Crippen LogP contribution is 2.26. The van der Waals surface area contributed by atoms with E-state index in [0.29, 0.717) is 28.3 Å². The van der Waals surface area contributed by atoms with Gasteiger partial charge in [-0.15, -0.1) is 0 Å². The summed E-state index contributed by atoms with van der Waals surface area (Å²) in [7, 11) is 0. The van der Waals surface area contributed by atoms with Crippen molar-refractivity contribution in [1.82, 2.24) is 5.32 Å². The number of rotatable bonds is 3. The predicted molar refractivity (Wildman–Crippen MR) is 104 cm³/mol. The lowest BCUT2D eigenvalue weighted by molar-refractivity contribution is 0.281. The number of aliphatic hydroxyl groups is 1. The maximum Gasteiger partial charge on any atom is 0.193 e. The first-order valence-electron chi connectivity index (χ1n) is 8.91. The van der Waals surface area contributed by atoms with Gasteiger partial charge >= 0.3 is 0 Å². The van der Waals surface area contributed by atoms with Crippen LogP contribution in [0, 0.1) is 0 Å². The Kier molecular flexibility index (Phi) is 4.49. The third-order valence-electron chi connectivity index (χ3n) is 4.89. The molecule has 4 rings (SSSR count). The van der Waals surface area contributed by atoms with Crippen molar-refractivity contribution in [2.75, 3.05) is 24.5 Å². The highest BCUT2D eigenvalue weighted by molar-refractivity contribution is 5.81. The van der Waals surface area contributed by atoms with Crippen molar-refractivity contribution >= 4 is 16.7 Å². The first-order valence-corrected chi connectivity index (χ1v) is 8.91. The summed E-state index contributed by atoms with van der Waals surface area (Å²) in [5, 5.41) is 13.5. The Bertz CT molecular complexity index is 979. The number of para-hydroxylation sites is 1. The van der Waals surface area contributed by atoms with E-state index < -0.39 is 0 Å². The minimum Gasteiger partial charge on any atom is -0.455 e. The topological polar surface area (TPSA) is 65.7 Å². The Balaban J connectivity index is 1.70. The second kappa shape index (κ2) is 6.94. The average molecular weight is 350 g/mol. The molecular weight excluding hydrogens is 328 g/mol. The van der Waals surface area contributed by atoms with E-state index in [9.17, 15) is 9.90 Å². The van der Waals surface area contributed by atoms with E-state index in [1.807, 2.05) is 12.1 Å². The van der Waals surface area contributed by atoms with Crippen LogP contribution >= 0.6 is 0 Å². The lowest BCUT2D eigenvalue weighted by Gasteiger charge is -2.33. The second-order valence-corrected chi connectivity index (χ2v) is 6.77. The van der Waals surface area contributed by atoms with Crippen molar-refractivity contribution in [2.24, 2.45) is 0 Å². The van der Waals surface area contributed by atoms with Crippen LogP contribution in [-0.2, 0) is 6.61 Å². The molecule has 0 spiro atoms. The Morgan fingerprint density at radius 3 is 2.77 bits per heavy atom. The highest BCUT2D eigenvalue weighted by atomic mass is 16.3. The van der Waals surface area contributed by atoms with Crippen molar-refractivity contribution < 1.29 is 9.52 Å². The second-order valence-electron chi connectivity index (χ2n) is 6.77. The van der Waals surface area contributed by atoms with E-state index in [1.165, 1.54) is 11.8 Å². The van der Waals surface area contributed by atoms with Gasteiger partial charge in [0.2, 0.25) is 0 Å². The highest BCUT2D eigenvalue weighted by Gasteiger charge is 2.16. The molecule has 0 aliphatic carbocycles. The molecule has 1 aromatic heterocycles. The van der Waals surface area contributed by atoms with Gasteiger partial charge in [0.15, 0.2) is 5.43 Å². The summed E-state index contributed by atoms with van der Waals surface area (Å²) in [6, 6.07) is 15.3. The summed E-state index contributed by atoms with van der Waals surface area (Å²) in [6.07, 6.45) is 0. The van der Waals surface area contributed by atoms with Crippen LogP contribution in [0.1, 0.15) is 12.5 Å². The van der Waals surface area contributed by atoms with Crippen LogP contribution < -0.4 is 15.6 Å². The first kappa shape index (κ1) is 16.8. The number of hydrogen-bond donors (Lipinski definition) is 2. The third kappa shape index (κ3) is 3.11. The number of benzene rings is 2. The van der Waals surface area contributed by atoms with Gasteiger partial charge in [-0.1, -0.05) is 12.1 Å². The van der Waals surface area contributed by atoms with Crippen LogP contribution in [0.15, 0.2) is 57.7 Å². The molecule has 1 atom stereocenters. The lowest BCUT2D eigenvalue weighted by atomic mass is 10.1. The summed E-state index contributed by atoms with van der Waals surface area (Å²) in [5.41, 5.74) is 2.99. The smallest absolute Gasteiger partial charge is 0.193 e. The molecule has 1 fully saturated rings. The zero-order valence-corrected chi connectivity index (χ0v) is 14.7. The van der Waals surface area contributed by atoms with Gasteiger partial charge in [-0.25, -0.2) is 0 Å². The zero-order valence-electron chi connectivity index (χ0n) is 14.7. The SMILES string of the molecule is C[C@@H]1CN(c2ccc(-c3cc(=O)c4cccc(CO)c4o3)cc2)CCN1. The fourth-order valence-corrected chi connectivity index (χ4v) is 3.51. The van der Waals surface area contributed by atoms with Gasteiger partial charge in [-0.05, 0) is 37.3 Å². The van der Waals surface area contributed by atoms with Gasteiger partial charge in [0.1, 0.15) is 11.3 Å². The number of hydrogen-bond acceptors (Lipinski definition) is 5. The Hall–Kier alpha value is -2.63. The van der Waals surface area contributed by atoms with Gasteiger partial charge < -0.3 is 19.7 Å². The van der Waals surface area contributed by atoms with E-state index >= 15 is 0 Å². The fourth-order valence-electron chi connectivity index (χ4n) is 3.51. The number of piperazine rings is 1. The number of nitrogens with zero attached hydrogens (tertiary/aromatic N) is 1. The van der Waals surface area contributed by atoms with E-state index in [2.05, 4.69) is 29.3 Å². The quantitative estimate of drug-likeness (QED) is 0.760. The number of nitrogens with one attached hydrogen (secondary N) is 1. The molecule has 0 bridgehead atoms. The van der Waals surface area contributed by atoms with Crippen LogP contribution in [0.5, 0.6) is 0 Å². The molecule has 1 saturated heterocycles. The number of fused-ring (bicyclic) bond motifs is 1. The molecule has 134 valence electrons. The molecule has 26 heavy (non-hydrogen) atoms. The van der Waals surface area contributed by atoms with Crippen LogP contribution in [-0.4, -0.2) is 30.8 Å². The largest absolute Gasteiger partial charge is 0.455 e. The molecule has 2 aromatic carbocycles. The van der Waals surface area contributed by atoms with Crippen LogP contribution in [0.4, 0.5) is 5.69 Å². The average Bonchev–Trinajstić information content (AvgIpc) is 2.67. The minimum absolute atomic E-state index is 0.100. The van der Waals surface area contributed by atoms with Crippen LogP contribution in [0.3, 0.4) is 0 Å². The van der Waals surface area contributed by atoms with Gasteiger partial charge in [-0.3, -0.25) is 4.79 Å². The molecule has 1 aliphatic heterocycles. The summed E-state index contributed by atoms with van der Waals surface area (Å²) >= 11 is 0. The van der Waals surface area contributed by atoms with Crippen LogP contribution in [0.25, 0.3) is 22.3 Å². The number of aliphatic hydroxyl groups excluding tert-OH is 1. The molecule has 0 amide bonds. The first-order chi connectivity index (χ1) is 12.7. The molecule has 1 aliphatic rings. The molecular formula is C21H22N2O3. The van der Waals surface area contributed by atoms with E-state index in [0.717, 1.165) is 25.2 Å². The van der Waals surface area contributed by atoms with Gasteiger partial charge in [-0.2, -0.15) is 0 Å². The zero-order chi connectivity index (χ0) is 18.1. The Labute approximate surface area is 151 Å². The summed E-state index contributed by atoms with van der Waals surface area (Å²) < 4.78 is 5.97. The Morgan fingerprint density at radius 1 is 1.23 bits per heavy atom. The maximum absolute atomic E-state index is 12.4. The van der Waals surface area contributed by atoms with E-state index in [1.54, 1.807) is 18.2 Å². The molecule has 2 N–H and O–H groups in total. The van der Waals surface area contributed by atoms with Crippen molar-refractivity contribution in [3.8, 4) is 11.3 Å². The molecule has 2 heterocycles. The van der Waals surface area contributed by atoms with Crippen molar-refractivity contribution in [3.05, 3.63) is 64.3 Å². The molecule has 0 saturated carbocycles. The van der Waals surface area contributed by atoms with E-state index in [4.69, 9.17) is 4.42 Å². The predicted octanol–water partition coefficient (Wildman–Crippen LogP) is 2.75. The monoisotopic (exact) mass is 350 g/mol. The van der Waals surface area contributed by atoms with Gasteiger partial charge in [0.25, 0.3) is 0 Å². The summed E-state index contributed by atoms with van der Waals surface area (Å²) in [6.45, 7) is 4.96. The van der Waals surface area contributed by atoms with Gasteiger partial charge in [0.05, 0.1) is 12.0 Å². The summed E-state index contributed by atoms with van der Waals surface area (Å²) in [4.78, 5) is 14.8. The van der Waals surface area contributed by atoms with Crippen LogP contribution in [0.2, 0.25) is 0 Å². The lowest BCUT2D eigenvalue weighted by Crippen LogP contribution is -2.49. The molecule has 3 aromatic rings. The molecule has 5 nitrogen and oxygen atoms in total. The van der Waals surface area contributed by atoms with Gasteiger partial charge in [0, 0.05) is 48.6 Å². The molecule has 5 heteroatoms.